The van der Waals surface area contributed by atoms with Crippen molar-refractivity contribution in [1.82, 2.24) is 4.90 Å². The van der Waals surface area contributed by atoms with E-state index in [1.54, 1.807) is 12.1 Å². The van der Waals surface area contributed by atoms with Gasteiger partial charge < -0.3 is 5.32 Å². The van der Waals surface area contributed by atoms with Gasteiger partial charge in [-0.15, -0.1) is 0 Å². The molecule has 1 fully saturated rings. The molecule has 1 heterocycles. The molecule has 1 amide bonds. The molecule has 1 aromatic rings. The van der Waals surface area contributed by atoms with Crippen molar-refractivity contribution in [2.75, 3.05) is 25.0 Å². The fourth-order valence-corrected chi connectivity index (χ4v) is 3.02. The third-order valence-electron chi connectivity index (χ3n) is 3.65. The standard InChI is InChI=1S/C15H21N3O3/c1-11-6-12(2)9-17(8-11)10-15(19)16-13-4-3-5-14(7-13)18(20)21/h3-5,7,11-12H,6,8-10H2,1-2H3,(H,16,19)/t11-,12+. The Bertz CT molecular complexity index is 523. The number of nitrogens with zero attached hydrogens (tertiary/aromatic N) is 2. The zero-order valence-electron chi connectivity index (χ0n) is 12.4. The number of carbonyl (C=O) groups excluding carboxylic acids is 1. The topological polar surface area (TPSA) is 75.5 Å². The highest BCUT2D eigenvalue weighted by molar-refractivity contribution is 5.92. The summed E-state index contributed by atoms with van der Waals surface area (Å²) in [5.41, 5.74) is 0.445. The van der Waals surface area contributed by atoms with Gasteiger partial charge in [0.25, 0.3) is 5.69 Å². The minimum absolute atomic E-state index is 0.0204. The number of hydrogen-bond donors (Lipinski definition) is 1. The van der Waals surface area contributed by atoms with Crippen LogP contribution >= 0.6 is 0 Å². The van der Waals surface area contributed by atoms with E-state index in [2.05, 4.69) is 24.1 Å². The van der Waals surface area contributed by atoms with Gasteiger partial charge in [-0.3, -0.25) is 19.8 Å². The molecule has 0 aromatic heterocycles. The van der Waals surface area contributed by atoms with Gasteiger partial charge in [-0.1, -0.05) is 19.9 Å². The minimum Gasteiger partial charge on any atom is -0.325 e. The van der Waals surface area contributed by atoms with Gasteiger partial charge >= 0.3 is 0 Å². The van der Waals surface area contributed by atoms with E-state index in [1.807, 2.05) is 0 Å². The van der Waals surface area contributed by atoms with Gasteiger partial charge in [0.1, 0.15) is 0 Å². The van der Waals surface area contributed by atoms with E-state index in [0.717, 1.165) is 13.1 Å². The van der Waals surface area contributed by atoms with Crippen molar-refractivity contribution in [2.24, 2.45) is 11.8 Å². The predicted molar refractivity (Wildman–Crippen MR) is 81.1 cm³/mol. The Morgan fingerprint density at radius 3 is 2.67 bits per heavy atom. The zero-order chi connectivity index (χ0) is 15.4. The fraction of sp³-hybridized carbons (Fsp3) is 0.533. The molecule has 0 spiro atoms. The summed E-state index contributed by atoms with van der Waals surface area (Å²) in [7, 11) is 0. The molecule has 21 heavy (non-hydrogen) atoms. The van der Waals surface area contributed by atoms with Crippen molar-refractivity contribution in [3.63, 3.8) is 0 Å². The van der Waals surface area contributed by atoms with Gasteiger partial charge in [-0.05, 0) is 24.3 Å². The summed E-state index contributed by atoms with van der Waals surface area (Å²) >= 11 is 0. The quantitative estimate of drug-likeness (QED) is 0.683. The van der Waals surface area contributed by atoms with E-state index in [4.69, 9.17) is 0 Å². The van der Waals surface area contributed by atoms with Crippen LogP contribution in [0.3, 0.4) is 0 Å². The Kier molecular flexibility index (Phi) is 4.90. The number of amides is 1. The molecule has 0 unspecified atom stereocenters. The normalized spacial score (nSPS) is 22.8. The lowest BCUT2D eigenvalue weighted by molar-refractivity contribution is -0.384. The second-order valence-electron chi connectivity index (χ2n) is 6.00. The van der Waals surface area contributed by atoms with E-state index in [-0.39, 0.29) is 11.6 Å². The largest absolute Gasteiger partial charge is 0.325 e. The van der Waals surface area contributed by atoms with Crippen molar-refractivity contribution in [3.05, 3.63) is 34.4 Å². The smallest absolute Gasteiger partial charge is 0.271 e. The summed E-state index contributed by atoms with van der Waals surface area (Å²) in [5.74, 6) is 1.07. The van der Waals surface area contributed by atoms with Crippen LogP contribution in [0.4, 0.5) is 11.4 Å². The maximum atomic E-state index is 12.1. The van der Waals surface area contributed by atoms with Crippen molar-refractivity contribution in [3.8, 4) is 0 Å². The zero-order valence-corrected chi connectivity index (χ0v) is 12.4. The number of benzene rings is 1. The summed E-state index contributed by atoms with van der Waals surface area (Å²) in [6.45, 7) is 6.57. The number of hydrogen-bond acceptors (Lipinski definition) is 4. The molecule has 0 saturated carbocycles. The van der Waals surface area contributed by atoms with Gasteiger partial charge in [0, 0.05) is 30.9 Å². The van der Waals surface area contributed by atoms with Crippen molar-refractivity contribution < 1.29 is 9.72 Å². The number of non-ortho nitro benzene ring substituents is 1. The minimum atomic E-state index is -0.469. The molecular weight excluding hydrogens is 270 g/mol. The van der Waals surface area contributed by atoms with Crippen LogP contribution in [0.1, 0.15) is 20.3 Å². The molecule has 6 nitrogen and oxygen atoms in total. The van der Waals surface area contributed by atoms with E-state index >= 15 is 0 Å². The van der Waals surface area contributed by atoms with Crippen LogP contribution in [0.5, 0.6) is 0 Å². The summed E-state index contributed by atoms with van der Waals surface area (Å²) in [6, 6.07) is 6.01. The Hall–Kier alpha value is -1.95. The SMILES string of the molecule is C[C@@H]1C[C@H](C)CN(CC(=O)Nc2cccc([N+](=O)[O-])c2)C1. The van der Waals surface area contributed by atoms with Crippen LogP contribution in [0.25, 0.3) is 0 Å². The van der Waals surface area contributed by atoms with Crippen LogP contribution < -0.4 is 5.32 Å². The average molecular weight is 291 g/mol. The van der Waals surface area contributed by atoms with Crippen molar-refractivity contribution >= 4 is 17.3 Å². The second kappa shape index (κ2) is 6.67. The predicted octanol–water partition coefficient (Wildman–Crippen LogP) is 2.51. The highest BCUT2D eigenvalue weighted by Gasteiger charge is 2.23. The maximum Gasteiger partial charge on any atom is 0.271 e. The summed E-state index contributed by atoms with van der Waals surface area (Å²) in [6.07, 6.45) is 1.20. The molecule has 0 aliphatic carbocycles. The number of carbonyl (C=O) groups is 1. The lowest BCUT2D eigenvalue weighted by atomic mass is 9.92. The monoisotopic (exact) mass is 291 g/mol. The van der Waals surface area contributed by atoms with Gasteiger partial charge in [-0.2, -0.15) is 0 Å². The molecule has 114 valence electrons. The van der Waals surface area contributed by atoms with Crippen LogP contribution in [0.15, 0.2) is 24.3 Å². The summed E-state index contributed by atoms with van der Waals surface area (Å²) in [4.78, 5) is 24.4. The lowest BCUT2D eigenvalue weighted by Crippen LogP contribution is -2.42. The van der Waals surface area contributed by atoms with Crippen LogP contribution in [-0.2, 0) is 4.79 Å². The van der Waals surface area contributed by atoms with Crippen LogP contribution in [0, 0.1) is 22.0 Å². The van der Waals surface area contributed by atoms with Crippen molar-refractivity contribution in [2.45, 2.75) is 20.3 Å². The van der Waals surface area contributed by atoms with Crippen LogP contribution in [0.2, 0.25) is 0 Å². The second-order valence-corrected chi connectivity index (χ2v) is 6.00. The lowest BCUT2D eigenvalue weighted by Gasteiger charge is -2.34. The van der Waals surface area contributed by atoms with E-state index in [1.165, 1.54) is 18.6 Å². The maximum absolute atomic E-state index is 12.1. The summed E-state index contributed by atoms with van der Waals surface area (Å²) in [5, 5.41) is 13.4. The molecule has 1 saturated heterocycles. The number of nitro groups is 1. The number of likely N-dealkylation sites (tertiary alicyclic amines) is 1. The summed E-state index contributed by atoms with van der Waals surface area (Å²) < 4.78 is 0. The first-order valence-electron chi connectivity index (χ1n) is 7.20. The number of rotatable bonds is 4. The Morgan fingerprint density at radius 1 is 1.38 bits per heavy atom. The van der Waals surface area contributed by atoms with Crippen LogP contribution in [-0.4, -0.2) is 35.4 Å². The fourth-order valence-electron chi connectivity index (χ4n) is 3.02. The molecule has 0 radical (unpaired) electrons. The number of nitrogens with one attached hydrogen (secondary N) is 1. The molecule has 1 N–H and O–H groups in total. The molecule has 1 aromatic carbocycles. The molecule has 1 aliphatic rings. The molecule has 6 heteroatoms. The number of anilines is 1. The first-order valence-corrected chi connectivity index (χ1v) is 7.20. The van der Waals surface area contributed by atoms with E-state index in [0.29, 0.717) is 24.1 Å². The Labute approximate surface area is 124 Å². The average Bonchev–Trinajstić information content (AvgIpc) is 2.37. The first kappa shape index (κ1) is 15.4. The van der Waals surface area contributed by atoms with Gasteiger partial charge in [-0.25, -0.2) is 0 Å². The van der Waals surface area contributed by atoms with Gasteiger partial charge in [0.05, 0.1) is 11.5 Å². The molecule has 2 rings (SSSR count). The van der Waals surface area contributed by atoms with E-state index < -0.39 is 4.92 Å². The molecular formula is C15H21N3O3. The highest BCUT2D eigenvalue weighted by atomic mass is 16.6. The van der Waals surface area contributed by atoms with E-state index in [9.17, 15) is 14.9 Å². The Morgan fingerprint density at radius 2 is 2.05 bits per heavy atom. The highest BCUT2D eigenvalue weighted by Crippen LogP contribution is 2.21. The third-order valence-corrected chi connectivity index (χ3v) is 3.65. The molecule has 1 aliphatic heterocycles. The third kappa shape index (κ3) is 4.53. The molecule has 2 atom stereocenters. The van der Waals surface area contributed by atoms with Gasteiger partial charge in [0.15, 0.2) is 0 Å². The first-order chi connectivity index (χ1) is 9.94. The Balaban J connectivity index is 1.92. The number of piperidine rings is 1. The number of nitro benzene ring substituents is 1. The van der Waals surface area contributed by atoms with Gasteiger partial charge in [0.2, 0.25) is 5.91 Å². The molecule has 0 bridgehead atoms. The van der Waals surface area contributed by atoms with Crippen molar-refractivity contribution in [1.29, 1.82) is 0 Å².